The highest BCUT2D eigenvalue weighted by molar-refractivity contribution is 8.00. The van der Waals surface area contributed by atoms with E-state index in [0.29, 0.717) is 10.7 Å². The van der Waals surface area contributed by atoms with Gasteiger partial charge in [0.2, 0.25) is 0 Å². The van der Waals surface area contributed by atoms with Crippen molar-refractivity contribution >= 4 is 29.1 Å². The number of rotatable bonds is 2. The van der Waals surface area contributed by atoms with Crippen molar-refractivity contribution in [2.75, 3.05) is 5.73 Å². The summed E-state index contributed by atoms with van der Waals surface area (Å²) in [6.07, 6.45) is 5.31. The Hall–Kier alpha value is -0.380. The second kappa shape index (κ2) is 5.98. The zero-order chi connectivity index (χ0) is 12.3. The van der Waals surface area contributed by atoms with Crippen LogP contribution in [-0.2, 0) is 0 Å². The quantitative estimate of drug-likeness (QED) is 0.637. The van der Waals surface area contributed by atoms with Crippen LogP contribution in [0.25, 0.3) is 0 Å². The Morgan fingerprint density at radius 2 is 2.00 bits per heavy atom. The normalized spacial score (nSPS) is 25.5. The fourth-order valence-corrected chi connectivity index (χ4v) is 3.71. The number of benzene rings is 1. The fourth-order valence-electron chi connectivity index (χ4n) is 2.17. The molecule has 0 heterocycles. The second-order valence-electron chi connectivity index (χ2n) is 4.55. The number of aliphatic hydroxyl groups is 1. The molecule has 2 nitrogen and oxygen atoms in total. The first-order valence-corrected chi connectivity index (χ1v) is 7.32. The van der Waals surface area contributed by atoms with Gasteiger partial charge in [0, 0.05) is 15.8 Å². The van der Waals surface area contributed by atoms with E-state index in [-0.39, 0.29) is 11.4 Å². The molecule has 1 fully saturated rings. The maximum Gasteiger partial charge on any atom is 0.0662 e. The van der Waals surface area contributed by atoms with Crippen molar-refractivity contribution in [3.63, 3.8) is 0 Å². The van der Waals surface area contributed by atoms with E-state index in [9.17, 15) is 5.11 Å². The first-order chi connectivity index (χ1) is 8.16. The highest BCUT2D eigenvalue weighted by Gasteiger charge is 2.23. The lowest BCUT2D eigenvalue weighted by molar-refractivity contribution is 0.163. The van der Waals surface area contributed by atoms with E-state index in [0.717, 1.165) is 24.2 Å². The summed E-state index contributed by atoms with van der Waals surface area (Å²) in [5.41, 5.74) is 6.35. The van der Waals surface area contributed by atoms with Gasteiger partial charge >= 0.3 is 0 Å². The molecule has 1 aromatic rings. The molecule has 0 saturated heterocycles. The van der Waals surface area contributed by atoms with Crippen molar-refractivity contribution in [3.8, 4) is 0 Å². The molecule has 1 saturated carbocycles. The number of halogens is 1. The molecule has 0 amide bonds. The number of aliphatic hydroxyl groups excluding tert-OH is 1. The van der Waals surface area contributed by atoms with Crippen molar-refractivity contribution in [1.82, 2.24) is 0 Å². The van der Waals surface area contributed by atoms with Crippen molar-refractivity contribution in [1.29, 1.82) is 0 Å². The van der Waals surface area contributed by atoms with Crippen molar-refractivity contribution in [2.24, 2.45) is 0 Å². The van der Waals surface area contributed by atoms with Gasteiger partial charge in [-0.05, 0) is 31.0 Å². The molecular weight excluding hydrogens is 254 g/mol. The average Bonchev–Trinajstić information content (AvgIpc) is 2.48. The molecule has 0 aliphatic heterocycles. The van der Waals surface area contributed by atoms with Gasteiger partial charge in [-0.2, -0.15) is 0 Å². The van der Waals surface area contributed by atoms with Gasteiger partial charge in [0.15, 0.2) is 0 Å². The van der Waals surface area contributed by atoms with E-state index < -0.39 is 0 Å². The minimum absolute atomic E-state index is 0.212. The summed E-state index contributed by atoms with van der Waals surface area (Å²) < 4.78 is 0. The Bertz CT molecular complexity index is 386. The third-order valence-corrected chi connectivity index (χ3v) is 5.04. The van der Waals surface area contributed by atoms with Crippen LogP contribution in [-0.4, -0.2) is 16.5 Å². The van der Waals surface area contributed by atoms with Crippen LogP contribution in [0.2, 0.25) is 5.02 Å². The largest absolute Gasteiger partial charge is 0.399 e. The molecule has 1 aromatic carbocycles. The smallest absolute Gasteiger partial charge is 0.0662 e. The predicted octanol–water partition coefficient (Wildman–Crippen LogP) is 3.71. The number of nitrogens with two attached hydrogens (primary N) is 1. The maximum absolute atomic E-state index is 10.1. The molecule has 0 radical (unpaired) electrons. The minimum Gasteiger partial charge on any atom is -0.399 e. The lowest BCUT2D eigenvalue weighted by Crippen LogP contribution is -2.21. The Balaban J connectivity index is 2.08. The van der Waals surface area contributed by atoms with E-state index >= 15 is 0 Å². The summed E-state index contributed by atoms with van der Waals surface area (Å²) in [6, 6.07) is 5.57. The molecule has 3 N–H and O–H groups in total. The summed E-state index contributed by atoms with van der Waals surface area (Å²) in [5, 5.41) is 11.0. The molecule has 1 aliphatic carbocycles. The summed E-state index contributed by atoms with van der Waals surface area (Å²) in [7, 11) is 0. The zero-order valence-electron chi connectivity index (χ0n) is 9.73. The predicted molar refractivity (Wildman–Crippen MR) is 74.6 cm³/mol. The van der Waals surface area contributed by atoms with Gasteiger partial charge in [0.1, 0.15) is 0 Å². The van der Waals surface area contributed by atoms with E-state index in [2.05, 4.69) is 0 Å². The summed E-state index contributed by atoms with van der Waals surface area (Å²) in [5.74, 6) is 0. The Kier molecular flexibility index (Phi) is 4.60. The maximum atomic E-state index is 10.1. The minimum atomic E-state index is -0.212. The molecule has 2 atom stereocenters. The van der Waals surface area contributed by atoms with E-state index in [1.165, 1.54) is 12.8 Å². The van der Waals surface area contributed by atoms with Crippen LogP contribution >= 0.6 is 23.4 Å². The topological polar surface area (TPSA) is 46.2 Å². The van der Waals surface area contributed by atoms with E-state index in [4.69, 9.17) is 17.3 Å². The van der Waals surface area contributed by atoms with Crippen LogP contribution < -0.4 is 5.73 Å². The molecule has 2 unspecified atom stereocenters. The van der Waals surface area contributed by atoms with Gasteiger partial charge in [-0.25, -0.2) is 0 Å². The summed E-state index contributed by atoms with van der Waals surface area (Å²) in [4.78, 5) is 1.02. The van der Waals surface area contributed by atoms with Gasteiger partial charge in [0.25, 0.3) is 0 Å². The van der Waals surface area contributed by atoms with Crippen LogP contribution in [0.15, 0.2) is 23.1 Å². The Morgan fingerprint density at radius 3 is 2.76 bits per heavy atom. The van der Waals surface area contributed by atoms with Crippen LogP contribution in [0, 0.1) is 0 Å². The van der Waals surface area contributed by atoms with E-state index in [1.807, 2.05) is 12.1 Å². The van der Waals surface area contributed by atoms with Crippen molar-refractivity contribution in [3.05, 3.63) is 23.2 Å². The summed E-state index contributed by atoms with van der Waals surface area (Å²) >= 11 is 7.84. The molecule has 0 aromatic heterocycles. The van der Waals surface area contributed by atoms with Crippen LogP contribution in [0.5, 0.6) is 0 Å². The van der Waals surface area contributed by atoms with Gasteiger partial charge in [-0.3, -0.25) is 0 Å². The molecule has 0 spiro atoms. The molecule has 17 heavy (non-hydrogen) atoms. The van der Waals surface area contributed by atoms with Gasteiger partial charge < -0.3 is 10.8 Å². The van der Waals surface area contributed by atoms with Crippen LogP contribution in [0.3, 0.4) is 0 Å². The number of nitrogen functional groups attached to an aromatic ring is 1. The molecule has 2 rings (SSSR count). The monoisotopic (exact) mass is 271 g/mol. The molecule has 94 valence electrons. The first kappa shape index (κ1) is 13.1. The lowest BCUT2D eigenvalue weighted by Gasteiger charge is -2.20. The standard InChI is InChI=1S/C13H18ClNOS/c14-10-8-9(15)6-7-12(10)17-13-5-3-1-2-4-11(13)16/h6-8,11,13,16H,1-5,15H2. The molecule has 0 bridgehead atoms. The second-order valence-corrected chi connectivity index (χ2v) is 6.24. The van der Waals surface area contributed by atoms with Crippen molar-refractivity contribution in [2.45, 2.75) is 48.4 Å². The molecule has 4 heteroatoms. The number of hydrogen-bond donors (Lipinski definition) is 2. The van der Waals surface area contributed by atoms with Crippen molar-refractivity contribution < 1.29 is 5.11 Å². The molecule has 1 aliphatic rings. The number of hydrogen-bond acceptors (Lipinski definition) is 3. The van der Waals surface area contributed by atoms with Gasteiger partial charge in [0.05, 0.1) is 11.1 Å². The first-order valence-electron chi connectivity index (χ1n) is 6.06. The number of thioether (sulfide) groups is 1. The highest BCUT2D eigenvalue weighted by atomic mass is 35.5. The molecular formula is C13H18ClNOS. The Morgan fingerprint density at radius 1 is 1.24 bits per heavy atom. The van der Waals surface area contributed by atoms with Crippen LogP contribution in [0.1, 0.15) is 32.1 Å². The number of anilines is 1. The SMILES string of the molecule is Nc1ccc(SC2CCCCCC2O)c(Cl)c1. The zero-order valence-corrected chi connectivity index (χ0v) is 11.3. The third-order valence-electron chi connectivity index (χ3n) is 3.15. The van der Waals surface area contributed by atoms with Crippen LogP contribution in [0.4, 0.5) is 5.69 Å². The Labute approximate surface area is 112 Å². The summed E-state index contributed by atoms with van der Waals surface area (Å²) in [6.45, 7) is 0. The third kappa shape index (κ3) is 3.54. The van der Waals surface area contributed by atoms with Gasteiger partial charge in [-0.15, -0.1) is 11.8 Å². The van der Waals surface area contributed by atoms with E-state index in [1.54, 1.807) is 17.8 Å². The lowest BCUT2D eigenvalue weighted by atomic mass is 10.1. The van der Waals surface area contributed by atoms with Gasteiger partial charge in [-0.1, -0.05) is 30.9 Å². The highest BCUT2D eigenvalue weighted by Crippen LogP contribution is 2.37. The average molecular weight is 272 g/mol. The fraction of sp³-hybridized carbons (Fsp3) is 0.538.